The zero-order valence-corrected chi connectivity index (χ0v) is 14.4. The summed E-state index contributed by atoms with van der Waals surface area (Å²) in [5.74, 6) is 0.743. The summed E-state index contributed by atoms with van der Waals surface area (Å²) >= 11 is 0. The number of hydrogen-bond donors (Lipinski definition) is 2. The summed E-state index contributed by atoms with van der Waals surface area (Å²) in [4.78, 5) is 13.2. The van der Waals surface area contributed by atoms with Crippen LogP contribution in [0, 0.1) is 5.92 Å². The molecule has 1 amide bonds. The number of nitrogens with zero attached hydrogens (tertiary/aromatic N) is 4. The molecule has 1 heterocycles. The predicted octanol–water partition coefficient (Wildman–Crippen LogP) is 1.64. The van der Waals surface area contributed by atoms with E-state index in [2.05, 4.69) is 34.6 Å². The summed E-state index contributed by atoms with van der Waals surface area (Å²) in [6.07, 6.45) is 1.55. The van der Waals surface area contributed by atoms with Gasteiger partial charge in [0.05, 0.1) is 5.60 Å². The molecule has 2 N–H and O–H groups in total. The van der Waals surface area contributed by atoms with Crippen LogP contribution < -0.4 is 5.32 Å². The van der Waals surface area contributed by atoms with Crippen LogP contribution >= 0.6 is 0 Å². The van der Waals surface area contributed by atoms with Crippen LogP contribution in [-0.2, 0) is 11.3 Å². The molecule has 1 aromatic heterocycles. The van der Waals surface area contributed by atoms with Crippen LogP contribution in [0.15, 0.2) is 30.3 Å². The van der Waals surface area contributed by atoms with Gasteiger partial charge in [-0.3, -0.25) is 4.79 Å². The SMILES string of the molecule is CC(C)CCC(C)(O)CNC(=O)Cn1nnc(-c2ccccc2)n1. The van der Waals surface area contributed by atoms with Crippen LogP contribution in [-0.4, -0.2) is 43.4 Å². The van der Waals surface area contributed by atoms with Crippen LogP contribution in [0.5, 0.6) is 0 Å². The maximum absolute atomic E-state index is 12.0. The monoisotopic (exact) mass is 331 g/mol. The Morgan fingerprint density at radius 2 is 2.04 bits per heavy atom. The summed E-state index contributed by atoms with van der Waals surface area (Å²) in [6.45, 7) is 6.13. The van der Waals surface area contributed by atoms with E-state index in [1.165, 1.54) is 4.80 Å². The number of rotatable bonds is 8. The lowest BCUT2D eigenvalue weighted by atomic mass is 9.95. The molecule has 0 bridgehead atoms. The van der Waals surface area contributed by atoms with E-state index in [1.54, 1.807) is 6.92 Å². The summed E-state index contributed by atoms with van der Waals surface area (Å²) in [5, 5.41) is 25.0. The van der Waals surface area contributed by atoms with Crippen molar-refractivity contribution in [3.63, 3.8) is 0 Å². The molecule has 0 saturated heterocycles. The van der Waals surface area contributed by atoms with Crippen LogP contribution in [0.2, 0.25) is 0 Å². The molecule has 0 fully saturated rings. The Kier molecular flexibility index (Phi) is 6.03. The second kappa shape index (κ2) is 8.01. The number of amides is 1. The molecule has 1 atom stereocenters. The number of aromatic nitrogens is 4. The molecular formula is C17H25N5O2. The lowest BCUT2D eigenvalue weighted by Gasteiger charge is -2.24. The highest BCUT2D eigenvalue weighted by Gasteiger charge is 2.21. The smallest absolute Gasteiger partial charge is 0.243 e. The number of aliphatic hydroxyl groups is 1. The first-order valence-corrected chi connectivity index (χ1v) is 8.18. The molecular weight excluding hydrogens is 306 g/mol. The normalized spacial score (nSPS) is 13.7. The van der Waals surface area contributed by atoms with E-state index < -0.39 is 5.60 Å². The van der Waals surface area contributed by atoms with Gasteiger partial charge in [0.2, 0.25) is 11.7 Å². The second-order valence-electron chi connectivity index (χ2n) is 6.72. The first-order chi connectivity index (χ1) is 11.4. The van der Waals surface area contributed by atoms with Gasteiger partial charge in [-0.25, -0.2) is 0 Å². The molecule has 24 heavy (non-hydrogen) atoms. The van der Waals surface area contributed by atoms with Crippen molar-refractivity contribution in [2.45, 2.75) is 45.8 Å². The number of benzene rings is 1. The lowest BCUT2D eigenvalue weighted by Crippen LogP contribution is -2.42. The van der Waals surface area contributed by atoms with Crippen LogP contribution in [0.25, 0.3) is 11.4 Å². The minimum absolute atomic E-state index is 0.0277. The average Bonchev–Trinajstić information content (AvgIpc) is 3.01. The molecule has 1 unspecified atom stereocenters. The first kappa shape index (κ1) is 18.1. The van der Waals surface area contributed by atoms with Gasteiger partial charge in [-0.05, 0) is 30.9 Å². The van der Waals surface area contributed by atoms with Crippen LogP contribution in [0.3, 0.4) is 0 Å². The van der Waals surface area contributed by atoms with Crippen molar-refractivity contribution in [3.05, 3.63) is 30.3 Å². The summed E-state index contributed by atoms with van der Waals surface area (Å²) in [6, 6.07) is 9.46. The molecule has 7 nitrogen and oxygen atoms in total. The van der Waals surface area contributed by atoms with Crippen LogP contribution in [0.4, 0.5) is 0 Å². The van der Waals surface area contributed by atoms with Gasteiger partial charge in [-0.15, -0.1) is 10.2 Å². The standard InChI is InChI=1S/C17H25N5O2/c1-13(2)9-10-17(3,24)12-18-15(23)11-22-20-16(19-21-22)14-7-5-4-6-8-14/h4-8,13,24H,9-12H2,1-3H3,(H,18,23). The molecule has 0 aliphatic carbocycles. The van der Waals surface area contributed by atoms with Crippen molar-refractivity contribution >= 4 is 5.91 Å². The second-order valence-corrected chi connectivity index (χ2v) is 6.72. The van der Waals surface area contributed by atoms with Crippen molar-refractivity contribution in [1.82, 2.24) is 25.5 Å². The van der Waals surface area contributed by atoms with E-state index in [4.69, 9.17) is 0 Å². The Hall–Kier alpha value is -2.28. The van der Waals surface area contributed by atoms with Crippen molar-refractivity contribution in [2.24, 2.45) is 5.92 Å². The molecule has 0 saturated carbocycles. The van der Waals surface area contributed by atoms with Gasteiger partial charge in [0.25, 0.3) is 0 Å². The van der Waals surface area contributed by atoms with Gasteiger partial charge in [0, 0.05) is 12.1 Å². The quantitative estimate of drug-likeness (QED) is 0.767. The molecule has 1 aromatic carbocycles. The maximum atomic E-state index is 12.0. The Labute approximate surface area is 142 Å². The number of tetrazole rings is 1. The third-order valence-electron chi connectivity index (χ3n) is 3.70. The maximum Gasteiger partial charge on any atom is 0.243 e. The van der Waals surface area contributed by atoms with Gasteiger partial charge < -0.3 is 10.4 Å². The largest absolute Gasteiger partial charge is 0.388 e. The summed E-state index contributed by atoms with van der Waals surface area (Å²) in [7, 11) is 0. The molecule has 2 rings (SSSR count). The number of hydrogen-bond acceptors (Lipinski definition) is 5. The molecule has 7 heteroatoms. The highest BCUT2D eigenvalue weighted by Crippen LogP contribution is 2.15. The number of carbonyl (C=O) groups is 1. The highest BCUT2D eigenvalue weighted by molar-refractivity contribution is 5.75. The minimum Gasteiger partial charge on any atom is -0.388 e. The average molecular weight is 331 g/mol. The molecule has 0 aliphatic heterocycles. The van der Waals surface area contributed by atoms with Gasteiger partial charge in [-0.2, -0.15) is 4.80 Å². The van der Waals surface area contributed by atoms with Crippen molar-refractivity contribution in [3.8, 4) is 11.4 Å². The van der Waals surface area contributed by atoms with Gasteiger partial charge in [0.1, 0.15) is 6.54 Å². The third kappa shape index (κ3) is 5.73. The first-order valence-electron chi connectivity index (χ1n) is 8.18. The molecule has 0 aliphatic rings. The van der Waals surface area contributed by atoms with Crippen LogP contribution in [0.1, 0.15) is 33.6 Å². The van der Waals surface area contributed by atoms with Crippen molar-refractivity contribution in [2.75, 3.05) is 6.54 Å². The molecule has 0 spiro atoms. The van der Waals surface area contributed by atoms with E-state index in [-0.39, 0.29) is 19.0 Å². The molecule has 0 radical (unpaired) electrons. The third-order valence-corrected chi connectivity index (χ3v) is 3.70. The summed E-state index contributed by atoms with van der Waals surface area (Å²) in [5.41, 5.74) is -0.0638. The van der Waals surface area contributed by atoms with E-state index in [1.807, 2.05) is 30.3 Å². The molecule has 2 aromatic rings. The van der Waals surface area contributed by atoms with Gasteiger partial charge in [0.15, 0.2) is 0 Å². The molecule has 130 valence electrons. The fourth-order valence-electron chi connectivity index (χ4n) is 2.17. The Morgan fingerprint density at radius 3 is 2.71 bits per heavy atom. The van der Waals surface area contributed by atoms with Gasteiger partial charge >= 0.3 is 0 Å². The minimum atomic E-state index is -0.912. The zero-order valence-electron chi connectivity index (χ0n) is 14.4. The Balaban J connectivity index is 1.84. The summed E-state index contributed by atoms with van der Waals surface area (Å²) < 4.78 is 0. The Bertz CT molecular complexity index is 652. The highest BCUT2D eigenvalue weighted by atomic mass is 16.3. The van der Waals surface area contributed by atoms with Crippen molar-refractivity contribution < 1.29 is 9.90 Å². The van der Waals surface area contributed by atoms with E-state index in [0.717, 1.165) is 12.0 Å². The number of nitrogens with one attached hydrogen (secondary N) is 1. The predicted molar refractivity (Wildman–Crippen MR) is 91.0 cm³/mol. The zero-order chi connectivity index (χ0) is 17.6. The van der Waals surface area contributed by atoms with Gasteiger partial charge in [-0.1, -0.05) is 44.2 Å². The van der Waals surface area contributed by atoms with Crippen molar-refractivity contribution in [1.29, 1.82) is 0 Å². The van der Waals surface area contributed by atoms with E-state index >= 15 is 0 Å². The number of carbonyl (C=O) groups excluding carboxylic acids is 1. The Morgan fingerprint density at radius 1 is 1.33 bits per heavy atom. The fourth-order valence-corrected chi connectivity index (χ4v) is 2.17. The topological polar surface area (TPSA) is 92.9 Å². The lowest BCUT2D eigenvalue weighted by molar-refractivity contribution is -0.123. The van der Waals surface area contributed by atoms with E-state index in [9.17, 15) is 9.90 Å². The van der Waals surface area contributed by atoms with E-state index in [0.29, 0.717) is 18.2 Å². The fraction of sp³-hybridized carbons (Fsp3) is 0.529.